The van der Waals surface area contributed by atoms with Crippen molar-refractivity contribution in [2.75, 3.05) is 6.61 Å². The number of ether oxygens (including phenoxy) is 2. The van der Waals surface area contributed by atoms with Gasteiger partial charge in [0.15, 0.2) is 6.10 Å². The molecule has 158 valence electrons. The van der Waals surface area contributed by atoms with Gasteiger partial charge in [0.1, 0.15) is 5.75 Å². The van der Waals surface area contributed by atoms with Gasteiger partial charge in [0.05, 0.1) is 12.2 Å². The first-order chi connectivity index (χ1) is 13.4. The molecule has 29 heavy (non-hydrogen) atoms. The number of hydrogen-bond acceptors (Lipinski definition) is 3. The fraction of sp³-hybridized carbons (Fsp3) is 0.480. The number of hydrogen-bond donors (Lipinski definition) is 1. The van der Waals surface area contributed by atoms with Crippen molar-refractivity contribution < 1.29 is 19.4 Å². The Hall–Kier alpha value is -2.33. The van der Waals surface area contributed by atoms with Crippen molar-refractivity contribution in [3.63, 3.8) is 0 Å². The Morgan fingerprint density at radius 2 is 1.62 bits per heavy atom. The fourth-order valence-corrected chi connectivity index (χ4v) is 3.76. The Labute approximate surface area is 174 Å². The van der Waals surface area contributed by atoms with E-state index in [0.717, 1.165) is 50.3 Å². The van der Waals surface area contributed by atoms with E-state index in [2.05, 4.69) is 20.8 Å². The Morgan fingerprint density at radius 1 is 1.00 bits per heavy atom. The lowest BCUT2D eigenvalue weighted by Crippen LogP contribution is -2.28. The molecule has 4 nitrogen and oxygen atoms in total. The summed E-state index contributed by atoms with van der Waals surface area (Å²) < 4.78 is 11.8. The van der Waals surface area contributed by atoms with Gasteiger partial charge >= 0.3 is 5.97 Å². The van der Waals surface area contributed by atoms with E-state index in [-0.39, 0.29) is 0 Å². The molecule has 2 rings (SSSR count). The number of aryl methyl sites for hydroxylation is 2. The van der Waals surface area contributed by atoms with Gasteiger partial charge in [-0.1, -0.05) is 12.1 Å². The minimum absolute atomic E-state index is 0.588. The molecule has 2 aromatic carbocycles. The van der Waals surface area contributed by atoms with Gasteiger partial charge in [0, 0.05) is 5.56 Å². The van der Waals surface area contributed by atoms with Gasteiger partial charge in [-0.2, -0.15) is 0 Å². The number of aliphatic carboxylic acids is 1. The lowest BCUT2D eigenvalue weighted by Gasteiger charge is -2.29. The van der Waals surface area contributed by atoms with E-state index in [1.807, 2.05) is 59.7 Å². The van der Waals surface area contributed by atoms with Crippen LogP contribution in [0.4, 0.5) is 0 Å². The van der Waals surface area contributed by atoms with Crippen LogP contribution >= 0.6 is 0 Å². The molecule has 0 aliphatic carbocycles. The van der Waals surface area contributed by atoms with Crippen LogP contribution in [-0.2, 0) is 9.53 Å². The number of rotatable bonds is 6. The van der Waals surface area contributed by atoms with Gasteiger partial charge in [0.2, 0.25) is 0 Å². The highest BCUT2D eigenvalue weighted by Gasteiger charge is 2.32. The molecular weight excluding hydrogens is 364 g/mol. The summed E-state index contributed by atoms with van der Waals surface area (Å²) in [6.45, 7) is 18.4. The van der Waals surface area contributed by atoms with E-state index in [1.165, 1.54) is 0 Å². The average Bonchev–Trinajstić information content (AvgIpc) is 2.60. The van der Waals surface area contributed by atoms with Crippen molar-refractivity contribution in [2.45, 2.75) is 74.0 Å². The van der Waals surface area contributed by atoms with Crippen LogP contribution in [-0.4, -0.2) is 23.3 Å². The summed E-state index contributed by atoms with van der Waals surface area (Å²) in [6, 6.07) is 6.06. The standard InChI is InChI=1S/C25H34O4/c1-10-28-20-12-11-19(17(5)18(20)6)22-16(4)14(2)13-15(3)21(22)23(24(26)27)29-25(7,8)9/h11-13,23H,10H2,1-9H3,(H,26,27). The van der Waals surface area contributed by atoms with Gasteiger partial charge in [-0.25, -0.2) is 4.79 Å². The molecule has 1 atom stereocenters. The SMILES string of the molecule is CCOc1ccc(-c2c(C)c(C)cc(C)c2C(OC(C)(C)C)C(=O)O)c(C)c1C. The molecule has 0 aliphatic heterocycles. The van der Waals surface area contributed by atoms with Gasteiger partial charge < -0.3 is 14.6 Å². The first-order valence-electron chi connectivity index (χ1n) is 10.1. The maximum atomic E-state index is 12.3. The summed E-state index contributed by atoms with van der Waals surface area (Å²) in [5.74, 6) is -0.120. The van der Waals surface area contributed by atoms with Crippen LogP contribution in [0.1, 0.15) is 67.2 Å². The molecule has 0 aromatic heterocycles. The summed E-state index contributed by atoms with van der Waals surface area (Å²) in [5, 5.41) is 10.0. The summed E-state index contributed by atoms with van der Waals surface area (Å²) in [6.07, 6.45) is -1.05. The maximum absolute atomic E-state index is 12.3. The first-order valence-corrected chi connectivity index (χ1v) is 10.1. The summed E-state index contributed by atoms with van der Waals surface area (Å²) in [7, 11) is 0. The highest BCUT2D eigenvalue weighted by atomic mass is 16.5. The average molecular weight is 399 g/mol. The first kappa shape index (κ1) is 23.0. The molecule has 0 spiro atoms. The maximum Gasteiger partial charge on any atom is 0.337 e. The largest absolute Gasteiger partial charge is 0.494 e. The second-order valence-corrected chi connectivity index (χ2v) is 8.67. The van der Waals surface area contributed by atoms with Gasteiger partial charge in [-0.05, 0) is 107 Å². The molecule has 0 aliphatic rings. The Bertz CT molecular complexity index is 920. The Morgan fingerprint density at radius 3 is 2.14 bits per heavy atom. The summed E-state index contributed by atoms with van der Waals surface area (Å²) in [5.41, 5.74) is 7.38. The second-order valence-electron chi connectivity index (χ2n) is 8.67. The molecule has 0 saturated heterocycles. The van der Waals surface area contributed by atoms with Crippen LogP contribution in [0.5, 0.6) is 5.75 Å². The molecule has 4 heteroatoms. The van der Waals surface area contributed by atoms with E-state index in [0.29, 0.717) is 6.61 Å². The van der Waals surface area contributed by atoms with E-state index in [1.54, 1.807) is 0 Å². The van der Waals surface area contributed by atoms with Crippen molar-refractivity contribution in [1.82, 2.24) is 0 Å². The lowest BCUT2D eigenvalue weighted by atomic mass is 9.83. The third-order valence-electron chi connectivity index (χ3n) is 5.36. The molecule has 0 heterocycles. The van der Waals surface area contributed by atoms with Crippen LogP contribution < -0.4 is 4.74 Å². The minimum Gasteiger partial charge on any atom is -0.494 e. The summed E-state index contributed by atoms with van der Waals surface area (Å²) in [4.78, 5) is 12.3. The third kappa shape index (κ3) is 4.81. The third-order valence-corrected chi connectivity index (χ3v) is 5.36. The van der Waals surface area contributed by atoms with Crippen molar-refractivity contribution in [3.05, 3.63) is 51.6 Å². The summed E-state index contributed by atoms with van der Waals surface area (Å²) >= 11 is 0. The van der Waals surface area contributed by atoms with Crippen LogP contribution in [0.15, 0.2) is 18.2 Å². The zero-order valence-electron chi connectivity index (χ0n) is 19.2. The van der Waals surface area contributed by atoms with Crippen molar-refractivity contribution in [3.8, 4) is 16.9 Å². The minimum atomic E-state index is -1.05. The monoisotopic (exact) mass is 398 g/mol. The van der Waals surface area contributed by atoms with E-state index in [9.17, 15) is 9.90 Å². The van der Waals surface area contributed by atoms with Crippen molar-refractivity contribution in [1.29, 1.82) is 0 Å². The van der Waals surface area contributed by atoms with Crippen molar-refractivity contribution in [2.24, 2.45) is 0 Å². The van der Waals surface area contributed by atoms with Crippen LogP contribution in [0.3, 0.4) is 0 Å². The predicted molar refractivity (Wildman–Crippen MR) is 118 cm³/mol. The lowest BCUT2D eigenvalue weighted by molar-refractivity contribution is -0.160. The van der Waals surface area contributed by atoms with E-state index < -0.39 is 17.7 Å². The molecule has 0 amide bonds. The zero-order chi connectivity index (χ0) is 22.1. The molecule has 0 saturated carbocycles. The molecular formula is C25H34O4. The van der Waals surface area contributed by atoms with Crippen LogP contribution in [0, 0.1) is 34.6 Å². The fourth-order valence-electron chi connectivity index (χ4n) is 3.76. The number of carboxylic acid groups (broad SMARTS) is 1. The van der Waals surface area contributed by atoms with Gasteiger partial charge in [-0.15, -0.1) is 0 Å². The smallest absolute Gasteiger partial charge is 0.337 e. The second kappa shape index (κ2) is 8.58. The quantitative estimate of drug-likeness (QED) is 0.626. The predicted octanol–water partition coefficient (Wildman–Crippen LogP) is 6.24. The number of carbonyl (C=O) groups is 1. The molecule has 0 fully saturated rings. The topological polar surface area (TPSA) is 55.8 Å². The van der Waals surface area contributed by atoms with Crippen LogP contribution in [0.25, 0.3) is 11.1 Å². The highest BCUT2D eigenvalue weighted by molar-refractivity contribution is 5.84. The zero-order valence-corrected chi connectivity index (χ0v) is 19.2. The number of benzene rings is 2. The Balaban J connectivity index is 2.85. The van der Waals surface area contributed by atoms with Crippen molar-refractivity contribution >= 4 is 5.97 Å². The molecule has 0 bridgehead atoms. The van der Waals surface area contributed by atoms with Crippen LogP contribution in [0.2, 0.25) is 0 Å². The van der Waals surface area contributed by atoms with E-state index in [4.69, 9.17) is 9.47 Å². The van der Waals surface area contributed by atoms with Gasteiger partial charge in [0.25, 0.3) is 0 Å². The normalized spacial score (nSPS) is 12.7. The van der Waals surface area contributed by atoms with E-state index >= 15 is 0 Å². The van der Waals surface area contributed by atoms with Gasteiger partial charge in [-0.3, -0.25) is 0 Å². The molecule has 2 aromatic rings. The Kier molecular flexibility index (Phi) is 6.79. The molecule has 1 unspecified atom stereocenters. The number of carboxylic acids is 1. The highest BCUT2D eigenvalue weighted by Crippen LogP contribution is 2.41. The molecule has 0 radical (unpaired) electrons. The molecule has 1 N–H and O–H groups in total.